The van der Waals surface area contributed by atoms with Crippen LogP contribution in [0.4, 0.5) is 0 Å². The van der Waals surface area contributed by atoms with Crippen molar-refractivity contribution < 1.29 is 20.8 Å². The Morgan fingerprint density at radius 1 is 1.08 bits per heavy atom. The quantitative estimate of drug-likeness (QED) is 0.640. The number of hydrogen-bond donors (Lipinski definition) is 0. The van der Waals surface area contributed by atoms with E-state index >= 15 is 0 Å². The van der Waals surface area contributed by atoms with Crippen LogP contribution < -0.4 is 0 Å². The van der Waals surface area contributed by atoms with Gasteiger partial charge in [-0.15, -0.1) is 29.7 Å². The second kappa shape index (κ2) is 5.86. The van der Waals surface area contributed by atoms with Gasteiger partial charge in [0.25, 0.3) is 0 Å². The SMILES string of the molecule is [Cl][Zr][Cl].c1ccc2[cH-]ccc2c1. The van der Waals surface area contributed by atoms with E-state index in [4.69, 9.17) is 17.0 Å². The van der Waals surface area contributed by atoms with Gasteiger partial charge in [0, 0.05) is 0 Å². The molecule has 2 aromatic rings. The van der Waals surface area contributed by atoms with E-state index < -0.39 is 20.8 Å². The molecule has 0 aliphatic carbocycles. The molecule has 0 spiro atoms. The van der Waals surface area contributed by atoms with Crippen LogP contribution in [-0.4, -0.2) is 0 Å². The summed E-state index contributed by atoms with van der Waals surface area (Å²) in [6, 6.07) is 14.7. The third-order valence-corrected chi connectivity index (χ3v) is 1.55. The molecule has 0 atom stereocenters. The molecule has 2 rings (SSSR count). The topological polar surface area (TPSA) is 0 Å². The minimum atomic E-state index is -0.826. The second-order valence-electron chi connectivity index (χ2n) is 2.23. The molecule has 0 aromatic heterocycles. The molecular weight excluding hydrogens is 270 g/mol. The van der Waals surface area contributed by atoms with Crippen molar-refractivity contribution in [3.05, 3.63) is 42.5 Å². The summed E-state index contributed by atoms with van der Waals surface area (Å²) < 4.78 is 0. The molecule has 0 heterocycles. The fourth-order valence-electron chi connectivity index (χ4n) is 1.07. The van der Waals surface area contributed by atoms with E-state index in [9.17, 15) is 0 Å². The van der Waals surface area contributed by atoms with Gasteiger partial charge in [0.2, 0.25) is 0 Å². The summed E-state index contributed by atoms with van der Waals surface area (Å²) in [5.41, 5.74) is 0. The van der Waals surface area contributed by atoms with Gasteiger partial charge in [0.05, 0.1) is 0 Å². The molecule has 2 aromatic carbocycles. The molecule has 0 amide bonds. The molecule has 0 radical (unpaired) electrons. The Hall–Kier alpha value is 0.293. The van der Waals surface area contributed by atoms with Crippen molar-refractivity contribution in [3.63, 3.8) is 0 Å². The minimum absolute atomic E-state index is 0.826. The molecule has 0 saturated heterocycles. The molecule has 3 heteroatoms. The Balaban J connectivity index is 0.000000213. The average Bonchev–Trinajstić information content (AvgIpc) is 2.52. The van der Waals surface area contributed by atoms with Gasteiger partial charge >= 0.3 is 37.9 Å². The standard InChI is InChI=1S/C9H7.2ClH.Zr/c1-2-5-9-7-3-6-8(9)4-1;;;/h1-7H;2*1H;/q-1;;;+2/p-2. The van der Waals surface area contributed by atoms with Crippen LogP contribution >= 0.6 is 17.0 Å². The Morgan fingerprint density at radius 2 is 1.75 bits per heavy atom. The van der Waals surface area contributed by atoms with E-state index in [1.807, 2.05) is 0 Å². The summed E-state index contributed by atoms with van der Waals surface area (Å²) in [4.78, 5) is 0. The first-order chi connectivity index (χ1) is 5.88. The van der Waals surface area contributed by atoms with Crippen molar-refractivity contribution >= 4 is 27.8 Å². The third-order valence-electron chi connectivity index (χ3n) is 1.55. The fraction of sp³-hybridized carbons (Fsp3) is 0. The first-order valence-corrected chi connectivity index (χ1v) is 9.78. The largest absolute Gasteiger partial charge is 0.168 e. The van der Waals surface area contributed by atoms with Crippen LogP contribution in [-0.2, 0) is 20.8 Å². The van der Waals surface area contributed by atoms with E-state index in [2.05, 4.69) is 42.5 Å². The van der Waals surface area contributed by atoms with Gasteiger partial charge in [-0.05, 0) is 0 Å². The van der Waals surface area contributed by atoms with Crippen molar-refractivity contribution in [2.24, 2.45) is 0 Å². The van der Waals surface area contributed by atoms with E-state index in [0.717, 1.165) is 0 Å². The minimum Gasteiger partial charge on any atom is -0.168 e. The van der Waals surface area contributed by atoms with Crippen molar-refractivity contribution in [2.75, 3.05) is 0 Å². The molecule has 0 N–H and O–H groups in total. The van der Waals surface area contributed by atoms with Crippen molar-refractivity contribution in [3.8, 4) is 0 Å². The van der Waals surface area contributed by atoms with Crippen molar-refractivity contribution in [1.82, 2.24) is 0 Å². The van der Waals surface area contributed by atoms with Crippen LogP contribution in [0.15, 0.2) is 42.5 Å². The maximum absolute atomic E-state index is 4.93. The molecule has 0 saturated carbocycles. The maximum Gasteiger partial charge on any atom is -0.0809 e. The summed E-state index contributed by atoms with van der Waals surface area (Å²) >= 11 is -0.826. The molecule has 0 fully saturated rings. The molecule has 62 valence electrons. The van der Waals surface area contributed by atoms with E-state index in [0.29, 0.717) is 0 Å². The predicted molar refractivity (Wildman–Crippen MR) is 51.2 cm³/mol. The monoisotopic (exact) mass is 275 g/mol. The normalized spacial score (nSPS) is 8.83. The van der Waals surface area contributed by atoms with Crippen LogP contribution in [0.1, 0.15) is 0 Å². The maximum atomic E-state index is 4.93. The van der Waals surface area contributed by atoms with Gasteiger partial charge < -0.3 is 0 Å². The molecule has 0 aliphatic rings. The predicted octanol–water partition coefficient (Wildman–Crippen LogP) is 3.94. The zero-order valence-electron chi connectivity index (χ0n) is 6.30. The van der Waals surface area contributed by atoms with Gasteiger partial charge in [0.15, 0.2) is 0 Å². The van der Waals surface area contributed by atoms with Gasteiger partial charge in [-0.2, -0.15) is 17.5 Å². The molecule has 0 bridgehead atoms. The first-order valence-electron chi connectivity index (χ1n) is 3.45. The van der Waals surface area contributed by atoms with Crippen LogP contribution in [0, 0.1) is 0 Å². The molecule has 0 aliphatic heterocycles. The number of benzene rings is 1. The van der Waals surface area contributed by atoms with Crippen LogP contribution in [0.5, 0.6) is 0 Å². The Kier molecular flexibility index (Phi) is 5.06. The van der Waals surface area contributed by atoms with Crippen molar-refractivity contribution in [1.29, 1.82) is 0 Å². The average molecular weight is 277 g/mol. The van der Waals surface area contributed by atoms with Gasteiger partial charge in [-0.1, -0.05) is 6.07 Å². The first kappa shape index (κ1) is 10.4. The van der Waals surface area contributed by atoms with Crippen LogP contribution in [0.3, 0.4) is 0 Å². The summed E-state index contributed by atoms with van der Waals surface area (Å²) in [5.74, 6) is 0. The number of fused-ring (bicyclic) bond motifs is 1. The molecule has 12 heavy (non-hydrogen) atoms. The zero-order valence-corrected chi connectivity index (χ0v) is 10.3. The Morgan fingerprint density at radius 3 is 2.42 bits per heavy atom. The number of hydrogen-bond acceptors (Lipinski definition) is 0. The Bertz CT molecular complexity index is 300. The fourth-order valence-corrected chi connectivity index (χ4v) is 1.07. The van der Waals surface area contributed by atoms with E-state index in [-0.39, 0.29) is 0 Å². The molecule has 0 unspecified atom stereocenters. The van der Waals surface area contributed by atoms with Gasteiger partial charge in [0.1, 0.15) is 0 Å². The van der Waals surface area contributed by atoms with Gasteiger partial charge in [-0.3, -0.25) is 0 Å². The van der Waals surface area contributed by atoms with Crippen molar-refractivity contribution in [2.45, 2.75) is 0 Å². The zero-order chi connectivity index (χ0) is 8.81. The number of halogens is 2. The summed E-state index contributed by atoms with van der Waals surface area (Å²) in [6.07, 6.45) is 0. The van der Waals surface area contributed by atoms with Crippen LogP contribution in [0.2, 0.25) is 0 Å². The van der Waals surface area contributed by atoms with Crippen LogP contribution in [0.25, 0.3) is 10.8 Å². The van der Waals surface area contributed by atoms with Gasteiger partial charge in [-0.25, -0.2) is 0 Å². The van der Waals surface area contributed by atoms with E-state index in [1.165, 1.54) is 10.8 Å². The summed E-state index contributed by atoms with van der Waals surface area (Å²) in [5, 5.41) is 2.66. The molecular formula is C9H7Cl2Zr-. The van der Waals surface area contributed by atoms with E-state index in [1.54, 1.807) is 0 Å². The third kappa shape index (κ3) is 2.97. The second-order valence-corrected chi connectivity index (χ2v) is 5.96. The molecule has 0 nitrogen and oxygen atoms in total. The number of rotatable bonds is 0. The Labute approximate surface area is 90.5 Å². The summed E-state index contributed by atoms with van der Waals surface area (Å²) in [6.45, 7) is 0. The smallest absolute Gasteiger partial charge is 0.0809 e. The summed E-state index contributed by atoms with van der Waals surface area (Å²) in [7, 11) is 9.87.